The number of ether oxygens (including phenoxy) is 3. The van der Waals surface area contributed by atoms with Gasteiger partial charge in [0, 0.05) is 11.6 Å². The lowest BCUT2D eigenvalue weighted by atomic mass is 10.2. The van der Waals surface area contributed by atoms with E-state index < -0.39 is 6.48 Å². The van der Waals surface area contributed by atoms with Gasteiger partial charge in [0.05, 0.1) is 0 Å². The molecule has 128 valence electrons. The van der Waals surface area contributed by atoms with E-state index in [-0.39, 0.29) is 0 Å². The van der Waals surface area contributed by atoms with Crippen LogP contribution in [0, 0.1) is 0 Å². The summed E-state index contributed by atoms with van der Waals surface area (Å²) >= 11 is 0. The minimum atomic E-state index is -0.951. The second-order valence-electron chi connectivity index (χ2n) is 5.60. The van der Waals surface area contributed by atoms with Gasteiger partial charge in [0.25, 0.3) is 0 Å². The van der Waals surface area contributed by atoms with Crippen LogP contribution in [-0.4, -0.2) is 11.5 Å². The lowest BCUT2D eigenvalue weighted by Crippen LogP contribution is -2.30. The average molecular weight is 343 g/mol. The molecule has 0 bridgehead atoms. The molecule has 0 aliphatic rings. The Bertz CT molecular complexity index is 927. The molecule has 0 amide bonds. The van der Waals surface area contributed by atoms with Crippen LogP contribution in [0.5, 0.6) is 17.2 Å². The van der Waals surface area contributed by atoms with Crippen molar-refractivity contribution in [3.05, 3.63) is 97.2 Å². The van der Waals surface area contributed by atoms with E-state index in [1.807, 2.05) is 91.0 Å². The predicted octanol–water partition coefficient (Wildman–Crippen LogP) is 5.06. The van der Waals surface area contributed by atoms with Gasteiger partial charge in [-0.2, -0.15) is 0 Å². The van der Waals surface area contributed by atoms with Gasteiger partial charge in [0.1, 0.15) is 17.0 Å². The van der Waals surface area contributed by atoms with Gasteiger partial charge in [-0.05, 0) is 36.4 Å². The van der Waals surface area contributed by atoms with Crippen molar-refractivity contribution in [2.24, 2.45) is 0 Å². The Kier molecular flexibility index (Phi) is 4.65. The number of rotatable bonds is 6. The van der Waals surface area contributed by atoms with Crippen LogP contribution < -0.4 is 14.2 Å². The zero-order valence-corrected chi connectivity index (χ0v) is 14.0. The van der Waals surface area contributed by atoms with E-state index in [1.165, 1.54) is 0 Å². The summed E-state index contributed by atoms with van der Waals surface area (Å²) in [5.41, 5.74) is 0.758. The number of fused-ring (bicyclic) bond motifs is 1. The summed E-state index contributed by atoms with van der Waals surface area (Å²) in [6, 6.07) is 28.5. The van der Waals surface area contributed by atoms with Crippen molar-refractivity contribution in [3.63, 3.8) is 0 Å². The summed E-state index contributed by atoms with van der Waals surface area (Å²) < 4.78 is 17.8. The van der Waals surface area contributed by atoms with Gasteiger partial charge in [-0.25, -0.2) is 0 Å². The molecule has 4 nitrogen and oxygen atoms in total. The number of aromatic nitrogens is 1. The molecule has 0 saturated heterocycles. The maximum atomic E-state index is 6.03. The highest BCUT2D eigenvalue weighted by atomic mass is 16.8. The number of nitrogens with zero attached hydrogens (tertiary/aromatic N) is 1. The van der Waals surface area contributed by atoms with Crippen molar-refractivity contribution in [1.29, 1.82) is 0 Å². The van der Waals surface area contributed by atoms with E-state index in [0.29, 0.717) is 17.2 Å². The number of hydrogen-bond donors (Lipinski definition) is 0. The molecule has 0 atom stereocenters. The molecular weight excluding hydrogens is 326 g/mol. The second kappa shape index (κ2) is 7.57. The first kappa shape index (κ1) is 16.0. The first-order valence-electron chi connectivity index (χ1n) is 8.32. The van der Waals surface area contributed by atoms with E-state index in [9.17, 15) is 0 Å². The van der Waals surface area contributed by atoms with Crippen LogP contribution in [0.1, 0.15) is 0 Å². The highest BCUT2D eigenvalue weighted by Crippen LogP contribution is 2.25. The maximum absolute atomic E-state index is 6.03. The smallest absolute Gasteiger partial charge is 0.406 e. The van der Waals surface area contributed by atoms with Crippen LogP contribution in [0.25, 0.3) is 10.9 Å². The molecule has 0 spiro atoms. The summed E-state index contributed by atoms with van der Waals surface area (Å²) in [6.45, 7) is -0.951. The number of pyridine rings is 1. The van der Waals surface area contributed by atoms with Gasteiger partial charge in [-0.15, -0.1) is 0 Å². The number of benzene rings is 3. The van der Waals surface area contributed by atoms with Gasteiger partial charge in [-0.1, -0.05) is 54.6 Å². The topological polar surface area (TPSA) is 40.6 Å². The standard InChI is InChI=1S/C22H17NO3/c1-3-11-18(12-4-1)24-22(25-19-13-5-2-6-14-19)26-20-15-7-9-17-10-8-16-23-21(17)20/h1-16,22H. The van der Waals surface area contributed by atoms with E-state index in [2.05, 4.69) is 4.98 Å². The maximum Gasteiger partial charge on any atom is 0.406 e. The minimum absolute atomic E-state index is 0.597. The monoisotopic (exact) mass is 343 g/mol. The molecule has 0 saturated carbocycles. The third kappa shape index (κ3) is 3.75. The molecule has 0 fully saturated rings. The molecule has 0 radical (unpaired) electrons. The third-order valence-electron chi connectivity index (χ3n) is 3.77. The van der Waals surface area contributed by atoms with E-state index in [4.69, 9.17) is 14.2 Å². The molecule has 1 heterocycles. The molecule has 4 aromatic rings. The molecular formula is C22H17NO3. The van der Waals surface area contributed by atoms with Gasteiger partial charge in [0.2, 0.25) is 0 Å². The Morgan fingerprint density at radius 3 is 1.85 bits per heavy atom. The zero-order valence-electron chi connectivity index (χ0n) is 14.0. The number of para-hydroxylation sites is 3. The van der Waals surface area contributed by atoms with Crippen LogP contribution in [-0.2, 0) is 0 Å². The Morgan fingerprint density at radius 2 is 1.19 bits per heavy atom. The van der Waals surface area contributed by atoms with Crippen LogP contribution in [0.4, 0.5) is 0 Å². The second-order valence-corrected chi connectivity index (χ2v) is 5.60. The predicted molar refractivity (Wildman–Crippen MR) is 100 cm³/mol. The normalized spacial score (nSPS) is 10.7. The van der Waals surface area contributed by atoms with Crippen LogP contribution >= 0.6 is 0 Å². The van der Waals surface area contributed by atoms with Gasteiger partial charge >= 0.3 is 6.48 Å². The van der Waals surface area contributed by atoms with Gasteiger partial charge < -0.3 is 14.2 Å². The Hall–Kier alpha value is -3.53. The fraction of sp³-hybridized carbons (Fsp3) is 0.0455. The van der Waals surface area contributed by atoms with Crippen molar-refractivity contribution >= 4 is 10.9 Å². The molecule has 0 aliphatic carbocycles. The first-order valence-corrected chi connectivity index (χ1v) is 8.32. The first-order chi connectivity index (χ1) is 12.9. The van der Waals surface area contributed by atoms with Crippen LogP contribution in [0.15, 0.2) is 97.2 Å². The molecule has 0 unspecified atom stereocenters. The van der Waals surface area contributed by atoms with Gasteiger partial charge in [-0.3, -0.25) is 4.98 Å². The molecule has 1 aromatic heterocycles. The van der Waals surface area contributed by atoms with Crippen LogP contribution in [0.3, 0.4) is 0 Å². The average Bonchev–Trinajstić information content (AvgIpc) is 2.70. The highest BCUT2D eigenvalue weighted by Gasteiger charge is 2.16. The molecule has 3 aromatic carbocycles. The minimum Gasteiger partial charge on any atom is -0.423 e. The fourth-order valence-corrected chi connectivity index (χ4v) is 2.57. The molecule has 4 heteroatoms. The number of hydrogen-bond acceptors (Lipinski definition) is 4. The Labute approximate surface area is 151 Å². The molecule has 4 rings (SSSR count). The van der Waals surface area contributed by atoms with E-state index in [1.54, 1.807) is 6.20 Å². The zero-order chi connectivity index (χ0) is 17.6. The summed E-state index contributed by atoms with van der Waals surface area (Å²) in [5.74, 6) is 1.91. The van der Waals surface area contributed by atoms with Crippen molar-refractivity contribution < 1.29 is 14.2 Å². The molecule has 0 aliphatic heterocycles. The molecule has 0 N–H and O–H groups in total. The third-order valence-corrected chi connectivity index (χ3v) is 3.77. The lowest BCUT2D eigenvalue weighted by Gasteiger charge is -2.21. The van der Waals surface area contributed by atoms with Crippen molar-refractivity contribution in [1.82, 2.24) is 4.98 Å². The largest absolute Gasteiger partial charge is 0.423 e. The fourth-order valence-electron chi connectivity index (χ4n) is 2.57. The van der Waals surface area contributed by atoms with Crippen molar-refractivity contribution in [2.75, 3.05) is 0 Å². The summed E-state index contributed by atoms with van der Waals surface area (Å²) in [5, 5.41) is 0.989. The lowest BCUT2D eigenvalue weighted by molar-refractivity contribution is -0.139. The Balaban J connectivity index is 1.63. The molecule has 26 heavy (non-hydrogen) atoms. The summed E-state index contributed by atoms with van der Waals surface area (Å²) in [6.07, 6.45) is 1.74. The van der Waals surface area contributed by atoms with Crippen molar-refractivity contribution in [2.45, 2.75) is 6.48 Å². The SMILES string of the molecule is c1ccc(OC(Oc2ccccc2)Oc2cccc3cccnc23)cc1. The quantitative estimate of drug-likeness (QED) is 0.459. The highest BCUT2D eigenvalue weighted by molar-refractivity contribution is 5.84. The van der Waals surface area contributed by atoms with Crippen LogP contribution in [0.2, 0.25) is 0 Å². The van der Waals surface area contributed by atoms with E-state index >= 15 is 0 Å². The Morgan fingerprint density at radius 1 is 0.577 bits per heavy atom. The van der Waals surface area contributed by atoms with Gasteiger partial charge in [0.15, 0.2) is 5.75 Å². The summed E-state index contributed by atoms with van der Waals surface area (Å²) in [7, 11) is 0. The van der Waals surface area contributed by atoms with E-state index in [0.717, 1.165) is 10.9 Å². The summed E-state index contributed by atoms with van der Waals surface area (Å²) in [4.78, 5) is 4.41. The van der Waals surface area contributed by atoms with Crippen molar-refractivity contribution in [3.8, 4) is 17.2 Å².